The number of alkyl halides is 6. The van der Waals surface area contributed by atoms with Gasteiger partial charge in [0.25, 0.3) is 5.60 Å². The van der Waals surface area contributed by atoms with Gasteiger partial charge in [0, 0.05) is 18.0 Å². The molecule has 0 unspecified atom stereocenters. The van der Waals surface area contributed by atoms with Gasteiger partial charge in [0.15, 0.2) is 4.96 Å². The van der Waals surface area contributed by atoms with Crippen LogP contribution >= 0.6 is 11.3 Å². The number of thiazole rings is 1. The minimum atomic E-state index is -5.91. The molecule has 3 nitrogen and oxygen atoms in total. The van der Waals surface area contributed by atoms with E-state index in [0.717, 1.165) is 4.40 Å². The molecule has 0 bridgehead atoms. The van der Waals surface area contributed by atoms with Gasteiger partial charge in [-0.25, -0.2) is 4.98 Å². The van der Waals surface area contributed by atoms with E-state index >= 15 is 0 Å². The zero-order valence-electron chi connectivity index (χ0n) is 11.6. The lowest BCUT2D eigenvalue weighted by Crippen LogP contribution is -2.53. The van der Waals surface area contributed by atoms with Crippen LogP contribution in [0, 0.1) is 0 Å². The van der Waals surface area contributed by atoms with Crippen LogP contribution in [0.4, 0.5) is 26.3 Å². The van der Waals surface area contributed by atoms with Gasteiger partial charge in [0.2, 0.25) is 0 Å². The molecule has 2 aromatic heterocycles. The fourth-order valence-corrected chi connectivity index (χ4v) is 3.25. The van der Waals surface area contributed by atoms with Gasteiger partial charge in [-0.05, 0) is 0 Å². The monoisotopic (exact) mass is 366 g/mol. The Labute approximate surface area is 134 Å². The second-order valence-electron chi connectivity index (χ2n) is 4.98. The smallest absolute Gasteiger partial charge is 0.369 e. The first-order valence-electron chi connectivity index (χ1n) is 6.44. The van der Waals surface area contributed by atoms with E-state index < -0.39 is 22.8 Å². The maximum absolute atomic E-state index is 12.9. The fourth-order valence-electron chi connectivity index (χ4n) is 2.15. The molecule has 0 aliphatic carbocycles. The van der Waals surface area contributed by atoms with Crippen molar-refractivity contribution < 1.29 is 31.4 Å². The molecule has 0 aliphatic rings. The summed E-state index contributed by atoms with van der Waals surface area (Å²) in [7, 11) is 0. The SMILES string of the molecule is OC(c1cn2cc(-c3ccccc3)nc2s1)(C(F)(F)F)C(F)(F)F. The Morgan fingerprint density at radius 3 is 2.00 bits per heavy atom. The van der Waals surface area contributed by atoms with Crippen molar-refractivity contribution in [2.24, 2.45) is 0 Å². The van der Waals surface area contributed by atoms with Gasteiger partial charge in [0.05, 0.1) is 10.6 Å². The average molecular weight is 366 g/mol. The van der Waals surface area contributed by atoms with Crippen molar-refractivity contribution in [3.8, 4) is 11.3 Å². The van der Waals surface area contributed by atoms with Crippen molar-refractivity contribution in [2.75, 3.05) is 0 Å². The lowest BCUT2D eigenvalue weighted by Gasteiger charge is -2.30. The molecule has 0 fully saturated rings. The van der Waals surface area contributed by atoms with Crippen LogP contribution in [0.3, 0.4) is 0 Å². The second-order valence-corrected chi connectivity index (χ2v) is 5.99. The number of fused-ring (bicyclic) bond motifs is 1. The topological polar surface area (TPSA) is 37.5 Å². The summed E-state index contributed by atoms with van der Waals surface area (Å²) in [5.41, 5.74) is -3.87. The summed E-state index contributed by atoms with van der Waals surface area (Å²) in [6.45, 7) is 0. The van der Waals surface area contributed by atoms with Crippen LogP contribution in [-0.2, 0) is 5.60 Å². The van der Waals surface area contributed by atoms with Crippen LogP contribution in [0.5, 0.6) is 0 Å². The number of aromatic nitrogens is 2. The average Bonchev–Trinajstić information content (AvgIpc) is 3.03. The van der Waals surface area contributed by atoms with E-state index in [2.05, 4.69) is 4.98 Å². The van der Waals surface area contributed by atoms with E-state index in [1.165, 1.54) is 6.20 Å². The predicted octanol–water partition coefficient (Wildman–Crippen LogP) is 4.38. The van der Waals surface area contributed by atoms with E-state index in [4.69, 9.17) is 0 Å². The summed E-state index contributed by atoms with van der Waals surface area (Å²) in [6.07, 6.45) is -9.91. The van der Waals surface area contributed by atoms with Crippen LogP contribution < -0.4 is 0 Å². The van der Waals surface area contributed by atoms with Crippen LogP contribution in [0.25, 0.3) is 16.2 Å². The normalized spacial score (nSPS) is 13.6. The highest BCUT2D eigenvalue weighted by Gasteiger charge is 2.72. The molecule has 128 valence electrons. The number of rotatable bonds is 2. The number of nitrogens with zero attached hydrogens (tertiary/aromatic N) is 2. The molecule has 3 aromatic rings. The van der Waals surface area contributed by atoms with Gasteiger partial charge in [-0.3, -0.25) is 4.40 Å². The van der Waals surface area contributed by atoms with Crippen molar-refractivity contribution in [1.82, 2.24) is 9.38 Å². The Morgan fingerprint density at radius 1 is 0.917 bits per heavy atom. The quantitative estimate of drug-likeness (QED) is 0.684. The summed E-state index contributed by atoms with van der Waals surface area (Å²) in [5.74, 6) is 0. The number of imidazole rings is 1. The fraction of sp³-hybridized carbons (Fsp3) is 0.214. The Balaban J connectivity index is 2.10. The number of halogens is 6. The number of benzene rings is 1. The molecule has 1 aromatic carbocycles. The van der Waals surface area contributed by atoms with Crippen molar-refractivity contribution >= 4 is 16.3 Å². The molecule has 2 heterocycles. The first-order chi connectivity index (χ1) is 11.0. The number of hydrogen-bond donors (Lipinski definition) is 1. The highest BCUT2D eigenvalue weighted by atomic mass is 32.1. The van der Waals surface area contributed by atoms with Crippen LogP contribution in [0.15, 0.2) is 42.7 Å². The third-order valence-corrected chi connectivity index (χ3v) is 4.51. The summed E-state index contributed by atoms with van der Waals surface area (Å²) < 4.78 is 78.3. The highest BCUT2D eigenvalue weighted by molar-refractivity contribution is 7.17. The zero-order chi connectivity index (χ0) is 17.8. The zero-order valence-corrected chi connectivity index (χ0v) is 12.4. The molecule has 0 aliphatic heterocycles. The Hall–Kier alpha value is -2.07. The lowest BCUT2D eigenvalue weighted by atomic mass is 10.0. The Bertz CT molecular complexity index is 819. The van der Waals surface area contributed by atoms with Gasteiger partial charge in [-0.15, -0.1) is 0 Å². The molecule has 1 N–H and O–H groups in total. The Morgan fingerprint density at radius 2 is 1.50 bits per heavy atom. The molecule has 0 atom stereocenters. The summed E-state index contributed by atoms with van der Waals surface area (Å²) in [6, 6.07) is 8.61. The van der Waals surface area contributed by atoms with Crippen molar-refractivity contribution in [2.45, 2.75) is 18.0 Å². The molecule has 0 saturated carbocycles. The second kappa shape index (κ2) is 5.21. The van der Waals surface area contributed by atoms with E-state index in [9.17, 15) is 31.4 Å². The molecule has 0 amide bonds. The molecular formula is C14H8F6N2OS. The van der Waals surface area contributed by atoms with Crippen molar-refractivity contribution in [1.29, 1.82) is 0 Å². The maximum atomic E-state index is 12.9. The van der Waals surface area contributed by atoms with Crippen LogP contribution in [-0.4, -0.2) is 26.8 Å². The minimum Gasteiger partial charge on any atom is -0.369 e. The van der Waals surface area contributed by atoms with Crippen molar-refractivity contribution in [3.63, 3.8) is 0 Å². The highest BCUT2D eigenvalue weighted by Crippen LogP contribution is 2.51. The molecule has 24 heavy (non-hydrogen) atoms. The molecular weight excluding hydrogens is 358 g/mol. The number of aliphatic hydroxyl groups is 1. The first kappa shape index (κ1) is 16.8. The summed E-state index contributed by atoms with van der Waals surface area (Å²) >= 11 is 0.135. The van der Waals surface area contributed by atoms with Crippen molar-refractivity contribution in [3.05, 3.63) is 47.6 Å². The maximum Gasteiger partial charge on any atom is 0.431 e. The van der Waals surface area contributed by atoms with Gasteiger partial charge < -0.3 is 5.11 Å². The van der Waals surface area contributed by atoms with E-state index in [0.29, 0.717) is 17.5 Å². The van der Waals surface area contributed by atoms with Crippen LogP contribution in [0.2, 0.25) is 0 Å². The van der Waals surface area contributed by atoms with E-state index in [-0.39, 0.29) is 16.3 Å². The Kier molecular flexibility index (Phi) is 3.64. The van der Waals surface area contributed by atoms with E-state index in [1.54, 1.807) is 30.3 Å². The minimum absolute atomic E-state index is 0.0872. The largest absolute Gasteiger partial charge is 0.431 e. The first-order valence-corrected chi connectivity index (χ1v) is 7.26. The number of hydrogen-bond acceptors (Lipinski definition) is 3. The third kappa shape index (κ3) is 2.46. The summed E-state index contributed by atoms with van der Waals surface area (Å²) in [5, 5.41) is 9.38. The van der Waals surface area contributed by atoms with Crippen LogP contribution in [0.1, 0.15) is 4.88 Å². The van der Waals surface area contributed by atoms with Gasteiger partial charge in [0.1, 0.15) is 0 Å². The predicted molar refractivity (Wildman–Crippen MR) is 74.5 cm³/mol. The van der Waals surface area contributed by atoms with Gasteiger partial charge in [-0.2, -0.15) is 26.3 Å². The molecule has 3 rings (SSSR count). The molecule has 0 saturated heterocycles. The van der Waals surface area contributed by atoms with E-state index in [1.807, 2.05) is 0 Å². The lowest BCUT2D eigenvalue weighted by molar-refractivity contribution is -0.375. The van der Waals surface area contributed by atoms with Gasteiger partial charge in [-0.1, -0.05) is 41.7 Å². The molecule has 0 radical (unpaired) electrons. The van der Waals surface area contributed by atoms with Gasteiger partial charge >= 0.3 is 12.4 Å². The molecule has 0 spiro atoms. The molecule has 10 heteroatoms. The summed E-state index contributed by atoms with van der Waals surface area (Å²) in [4.78, 5) is 2.64. The standard InChI is InChI=1S/C14H8F6N2OS/c15-13(16,17)12(23,14(18,19)20)10-7-22-6-9(21-11(22)24-10)8-4-2-1-3-5-8/h1-7,23H. The third-order valence-electron chi connectivity index (χ3n) is 3.40.